The van der Waals surface area contributed by atoms with Crippen molar-refractivity contribution in [2.45, 2.75) is 25.9 Å². The van der Waals surface area contributed by atoms with E-state index in [1.165, 1.54) is 14.0 Å². The minimum Gasteiger partial charge on any atom is -0.468 e. The Bertz CT molecular complexity index is 544. The molecule has 0 radical (unpaired) electrons. The number of rotatable bonds is 5. The zero-order valence-corrected chi connectivity index (χ0v) is 12.5. The number of methoxy groups -OCH3 is 1. The Kier molecular flexibility index (Phi) is 3.66. The predicted molar refractivity (Wildman–Crippen MR) is 73.9 cm³/mol. The number of ether oxygens (including phenoxy) is 1. The van der Waals surface area contributed by atoms with E-state index in [0.717, 1.165) is 6.42 Å². The van der Waals surface area contributed by atoms with Crippen LogP contribution in [-0.4, -0.2) is 30.1 Å². The molecule has 7 atom stereocenters. The van der Waals surface area contributed by atoms with Crippen LogP contribution in [0.2, 0.25) is 0 Å². The maximum Gasteiger partial charge on any atom is 0.316 e. The number of Topliss-reactive ketones (excluding diaryl/α,β-unsaturated/α-hetero) is 1. The minimum atomic E-state index is -0.848. The van der Waals surface area contributed by atoms with Crippen LogP contribution in [0.25, 0.3) is 0 Å². The van der Waals surface area contributed by atoms with E-state index in [2.05, 4.69) is 12.2 Å². The second-order valence-electron chi connectivity index (χ2n) is 6.44. The van der Waals surface area contributed by atoms with Gasteiger partial charge in [-0.05, 0) is 49.4 Å². The van der Waals surface area contributed by atoms with Gasteiger partial charge in [-0.3, -0.25) is 9.59 Å². The first kappa shape index (κ1) is 15.0. The van der Waals surface area contributed by atoms with Gasteiger partial charge in [0.15, 0.2) is 0 Å². The van der Waals surface area contributed by atoms with Gasteiger partial charge < -0.3 is 9.57 Å². The lowest BCUT2D eigenvalue weighted by Gasteiger charge is -2.30. The van der Waals surface area contributed by atoms with E-state index in [9.17, 15) is 19.7 Å². The van der Waals surface area contributed by atoms with Crippen molar-refractivity contribution >= 4 is 11.8 Å². The molecule has 3 rings (SSSR count). The molecule has 0 aromatic heterocycles. The van der Waals surface area contributed by atoms with Crippen molar-refractivity contribution in [2.24, 2.45) is 35.5 Å². The molecular weight excluding hydrogens is 290 g/mol. The number of hydrogen-bond donors (Lipinski definition) is 0. The zero-order chi connectivity index (χ0) is 16.0. The van der Waals surface area contributed by atoms with Crippen molar-refractivity contribution in [3.63, 3.8) is 0 Å². The van der Waals surface area contributed by atoms with Crippen LogP contribution in [0.15, 0.2) is 12.2 Å². The number of allylic oxidation sites excluding steroid dienone is 2. The summed E-state index contributed by atoms with van der Waals surface area (Å²) in [5.41, 5.74) is 0. The first-order chi connectivity index (χ1) is 10.5. The topological polar surface area (TPSA) is 95.7 Å². The van der Waals surface area contributed by atoms with Crippen molar-refractivity contribution in [1.29, 1.82) is 0 Å². The van der Waals surface area contributed by atoms with Gasteiger partial charge in [-0.25, -0.2) is 0 Å². The summed E-state index contributed by atoms with van der Waals surface area (Å²) in [6.45, 7) is 1.38. The van der Waals surface area contributed by atoms with E-state index in [1.54, 1.807) is 0 Å². The van der Waals surface area contributed by atoms with Crippen LogP contribution in [-0.2, 0) is 19.2 Å². The SMILES string of the molecule is COC(=O)C(C(C)=O)[C@@H]1[C@H]2C[C@@H](O[N+](=O)[O-])[C@@H]1[C@H]1CC=C[C@@H]21. The molecule has 22 heavy (non-hydrogen) atoms. The molecule has 2 saturated carbocycles. The Morgan fingerprint density at radius 2 is 2.09 bits per heavy atom. The first-order valence-corrected chi connectivity index (χ1v) is 7.51. The lowest BCUT2D eigenvalue weighted by molar-refractivity contribution is -0.770. The second-order valence-corrected chi connectivity index (χ2v) is 6.44. The molecule has 0 spiro atoms. The number of hydrogen-bond acceptors (Lipinski definition) is 6. The highest BCUT2D eigenvalue weighted by Crippen LogP contribution is 2.62. The Labute approximate surface area is 127 Å². The molecule has 0 aromatic carbocycles. The second kappa shape index (κ2) is 5.37. The summed E-state index contributed by atoms with van der Waals surface area (Å²) in [6, 6.07) is 0. The largest absolute Gasteiger partial charge is 0.468 e. The molecule has 1 unspecified atom stereocenters. The fourth-order valence-electron chi connectivity index (χ4n) is 5.07. The highest BCUT2D eigenvalue weighted by molar-refractivity contribution is 5.98. The van der Waals surface area contributed by atoms with Crippen molar-refractivity contribution in [2.75, 3.05) is 7.11 Å². The quantitative estimate of drug-likeness (QED) is 0.250. The van der Waals surface area contributed by atoms with Gasteiger partial charge in [-0.1, -0.05) is 12.2 Å². The summed E-state index contributed by atoms with van der Waals surface area (Å²) >= 11 is 0. The molecule has 2 fully saturated rings. The third kappa shape index (κ3) is 2.10. The van der Waals surface area contributed by atoms with E-state index < -0.39 is 23.1 Å². The predicted octanol–water partition coefficient (Wildman–Crippen LogP) is 1.40. The van der Waals surface area contributed by atoms with Crippen LogP contribution in [0, 0.1) is 45.6 Å². The van der Waals surface area contributed by atoms with Crippen molar-refractivity contribution in [3.8, 4) is 0 Å². The molecule has 7 heteroatoms. The highest BCUT2D eigenvalue weighted by Gasteiger charge is 2.63. The van der Waals surface area contributed by atoms with Crippen LogP contribution in [0.5, 0.6) is 0 Å². The molecule has 3 aliphatic carbocycles. The van der Waals surface area contributed by atoms with Gasteiger partial charge in [0, 0.05) is 0 Å². The van der Waals surface area contributed by atoms with Gasteiger partial charge >= 0.3 is 5.97 Å². The third-order valence-electron chi connectivity index (χ3n) is 5.62. The summed E-state index contributed by atoms with van der Waals surface area (Å²) in [7, 11) is 1.26. The van der Waals surface area contributed by atoms with E-state index in [-0.39, 0.29) is 35.4 Å². The molecule has 0 N–H and O–H groups in total. The standard InChI is InChI=1S/C15H19NO6/c1-7(17)12(15(18)21-2)14-10-6-11(22-16(19)20)13(14)9-5-3-4-8(9)10/h3-4,8-14H,5-6H2,1-2H3/t8-,9+,10+,11-,12?,13+,14+/m1/s1. The van der Waals surface area contributed by atoms with Crippen LogP contribution in [0.3, 0.4) is 0 Å². The lowest BCUT2D eigenvalue weighted by Crippen LogP contribution is -2.37. The molecule has 0 amide bonds. The van der Waals surface area contributed by atoms with Crippen LogP contribution >= 0.6 is 0 Å². The molecule has 0 aromatic rings. The molecule has 0 aliphatic heterocycles. The van der Waals surface area contributed by atoms with E-state index in [4.69, 9.17) is 9.57 Å². The molecule has 120 valence electrons. The molecule has 3 aliphatic rings. The monoisotopic (exact) mass is 309 g/mol. The minimum absolute atomic E-state index is 0.0618. The smallest absolute Gasteiger partial charge is 0.316 e. The Morgan fingerprint density at radius 3 is 2.68 bits per heavy atom. The van der Waals surface area contributed by atoms with Crippen molar-refractivity contribution in [1.82, 2.24) is 0 Å². The number of nitrogens with zero attached hydrogens (tertiary/aromatic N) is 1. The molecule has 7 nitrogen and oxygen atoms in total. The van der Waals surface area contributed by atoms with E-state index in [1.807, 2.05) is 0 Å². The molecule has 0 saturated heterocycles. The van der Waals surface area contributed by atoms with Gasteiger partial charge in [-0.2, -0.15) is 0 Å². The third-order valence-corrected chi connectivity index (χ3v) is 5.62. The Balaban J connectivity index is 1.93. The van der Waals surface area contributed by atoms with Crippen molar-refractivity contribution in [3.05, 3.63) is 22.3 Å². The fraction of sp³-hybridized carbons (Fsp3) is 0.733. The van der Waals surface area contributed by atoms with Crippen molar-refractivity contribution < 1.29 is 24.3 Å². The molecule has 2 bridgehead atoms. The fourth-order valence-corrected chi connectivity index (χ4v) is 5.07. The summed E-state index contributed by atoms with van der Waals surface area (Å²) in [5.74, 6) is -1.44. The lowest BCUT2D eigenvalue weighted by atomic mass is 9.79. The van der Waals surface area contributed by atoms with Gasteiger partial charge in [-0.15, -0.1) is 10.1 Å². The zero-order valence-electron chi connectivity index (χ0n) is 12.5. The normalized spacial score (nSPS) is 39.4. The summed E-state index contributed by atoms with van der Waals surface area (Å²) in [4.78, 5) is 39.7. The number of fused-ring (bicyclic) bond motifs is 5. The van der Waals surface area contributed by atoms with Gasteiger partial charge in [0.25, 0.3) is 5.09 Å². The molecule has 0 heterocycles. The van der Waals surface area contributed by atoms with Crippen LogP contribution in [0.4, 0.5) is 0 Å². The van der Waals surface area contributed by atoms with Gasteiger partial charge in [0.2, 0.25) is 0 Å². The maximum absolute atomic E-state index is 12.1. The summed E-state index contributed by atoms with van der Waals surface area (Å²) < 4.78 is 4.80. The number of esters is 1. The first-order valence-electron chi connectivity index (χ1n) is 7.51. The Hall–Kier alpha value is -1.92. The highest BCUT2D eigenvalue weighted by atomic mass is 17.0. The number of carbonyl (C=O) groups excluding carboxylic acids is 2. The summed E-state index contributed by atoms with van der Waals surface area (Å²) in [5, 5.41) is 9.97. The van der Waals surface area contributed by atoms with Crippen LogP contribution in [0.1, 0.15) is 19.8 Å². The Morgan fingerprint density at radius 1 is 1.36 bits per heavy atom. The van der Waals surface area contributed by atoms with Crippen LogP contribution < -0.4 is 0 Å². The average molecular weight is 309 g/mol. The van der Waals surface area contributed by atoms with E-state index in [0.29, 0.717) is 6.42 Å². The van der Waals surface area contributed by atoms with E-state index >= 15 is 0 Å². The molecular formula is C15H19NO6. The maximum atomic E-state index is 12.1. The summed E-state index contributed by atoms with van der Waals surface area (Å²) in [6.07, 6.45) is 5.02. The number of ketones is 1. The van der Waals surface area contributed by atoms with Gasteiger partial charge in [0.1, 0.15) is 17.8 Å². The average Bonchev–Trinajstić information content (AvgIpc) is 3.08. The van der Waals surface area contributed by atoms with Gasteiger partial charge in [0.05, 0.1) is 7.11 Å². The number of carbonyl (C=O) groups is 2.